The van der Waals surface area contributed by atoms with Gasteiger partial charge in [-0.05, 0) is 57.3 Å². The van der Waals surface area contributed by atoms with Gasteiger partial charge in [-0.3, -0.25) is 0 Å². The minimum Gasteiger partial charge on any atom is -0.504 e. The molecule has 9 nitrogen and oxygen atoms in total. The average Bonchev–Trinajstić information content (AvgIpc) is 3.55. The van der Waals surface area contributed by atoms with Crippen molar-refractivity contribution in [3.63, 3.8) is 0 Å². The van der Waals surface area contributed by atoms with Gasteiger partial charge in [-0.2, -0.15) is 0 Å². The lowest BCUT2D eigenvalue weighted by Gasteiger charge is -2.22. The Morgan fingerprint density at radius 3 is 1.33 bits per heavy atom. The van der Waals surface area contributed by atoms with E-state index in [-0.39, 0.29) is 32.7 Å². The van der Waals surface area contributed by atoms with E-state index in [1.54, 1.807) is 48.5 Å². The van der Waals surface area contributed by atoms with E-state index < -0.39 is 46.0 Å². The first-order valence-corrected chi connectivity index (χ1v) is 15.9. The monoisotopic (exact) mass is 674 g/mol. The van der Waals surface area contributed by atoms with Crippen molar-refractivity contribution < 1.29 is 45.3 Å². The molecule has 9 aromatic rings. The quantitative estimate of drug-likeness (QED) is 0.0515. The summed E-state index contributed by atoms with van der Waals surface area (Å²) in [5.41, 5.74) is 3.81. The molecule has 0 spiro atoms. The number of hydrogen-bond donors (Lipinski definition) is 8. The lowest BCUT2D eigenvalue weighted by atomic mass is 9.83. The van der Waals surface area contributed by atoms with Crippen LogP contribution in [0, 0.1) is 0 Å². The number of phenolic OH excluding ortho intramolecular Hbond substituents is 8. The first-order chi connectivity index (χ1) is 24.7. The molecule has 0 saturated heterocycles. The van der Waals surface area contributed by atoms with Crippen LogP contribution in [0.3, 0.4) is 0 Å². The van der Waals surface area contributed by atoms with Crippen LogP contribution in [0.25, 0.3) is 87.6 Å². The molecule has 0 unspecified atom stereocenters. The lowest BCUT2D eigenvalue weighted by Crippen LogP contribution is -1.94. The molecule has 8 N–H and O–H groups in total. The highest BCUT2D eigenvalue weighted by atomic mass is 16.4. The fraction of sp³-hybridized carbons (Fsp3) is 0. The van der Waals surface area contributed by atoms with Crippen LogP contribution in [0.15, 0.2) is 114 Å². The molecule has 0 amide bonds. The molecular weight excluding hydrogens is 648 g/mol. The molecular formula is C42H26O9. The Morgan fingerprint density at radius 1 is 0.314 bits per heavy atom. The van der Waals surface area contributed by atoms with Gasteiger partial charge in [-0.15, -0.1) is 0 Å². The van der Waals surface area contributed by atoms with Gasteiger partial charge in [-0.1, -0.05) is 84.9 Å². The van der Waals surface area contributed by atoms with Crippen LogP contribution in [0.4, 0.5) is 0 Å². The van der Waals surface area contributed by atoms with E-state index in [0.29, 0.717) is 27.7 Å². The second-order valence-electron chi connectivity index (χ2n) is 12.5. The normalized spacial score (nSPS) is 11.8. The third kappa shape index (κ3) is 4.09. The summed E-state index contributed by atoms with van der Waals surface area (Å²) in [7, 11) is 0. The van der Waals surface area contributed by atoms with Crippen LogP contribution in [0.2, 0.25) is 0 Å². The summed E-state index contributed by atoms with van der Waals surface area (Å²) < 4.78 is 6.25. The summed E-state index contributed by atoms with van der Waals surface area (Å²) in [5.74, 6) is -7.43. The molecule has 0 saturated carbocycles. The number of furan rings is 1. The smallest absolute Gasteiger partial charge is 0.204 e. The predicted molar refractivity (Wildman–Crippen MR) is 196 cm³/mol. The summed E-state index contributed by atoms with van der Waals surface area (Å²) in [6, 6.07) is 33.3. The first kappa shape index (κ1) is 29.8. The Bertz CT molecular complexity index is 2850. The van der Waals surface area contributed by atoms with Crippen molar-refractivity contribution in [3.8, 4) is 79.4 Å². The minimum absolute atomic E-state index is 0.00870. The van der Waals surface area contributed by atoms with Gasteiger partial charge in [0.15, 0.2) is 23.0 Å². The molecule has 0 radical (unpaired) electrons. The van der Waals surface area contributed by atoms with Crippen molar-refractivity contribution in [2.24, 2.45) is 0 Å². The highest BCUT2D eigenvalue weighted by Gasteiger charge is 2.32. The van der Waals surface area contributed by atoms with Crippen molar-refractivity contribution in [3.05, 3.63) is 109 Å². The minimum atomic E-state index is -1.03. The van der Waals surface area contributed by atoms with Crippen LogP contribution >= 0.6 is 0 Å². The molecule has 248 valence electrons. The number of hydrogen-bond acceptors (Lipinski definition) is 9. The maximum Gasteiger partial charge on any atom is 0.204 e. The van der Waals surface area contributed by atoms with Crippen LogP contribution in [-0.2, 0) is 0 Å². The second-order valence-corrected chi connectivity index (χ2v) is 12.5. The summed E-state index contributed by atoms with van der Waals surface area (Å²) >= 11 is 0. The van der Waals surface area contributed by atoms with E-state index >= 15 is 0 Å². The largest absolute Gasteiger partial charge is 0.504 e. The molecule has 51 heavy (non-hydrogen) atoms. The Hall–Kier alpha value is -7.26. The third-order valence-electron chi connectivity index (χ3n) is 9.70. The van der Waals surface area contributed by atoms with Gasteiger partial charge in [0.25, 0.3) is 0 Å². The van der Waals surface area contributed by atoms with Crippen LogP contribution in [0.5, 0.6) is 46.0 Å². The molecule has 0 fully saturated rings. The molecule has 0 bridgehead atoms. The van der Waals surface area contributed by atoms with E-state index in [2.05, 4.69) is 6.07 Å². The van der Waals surface area contributed by atoms with Crippen molar-refractivity contribution >= 4 is 54.3 Å². The van der Waals surface area contributed by atoms with Crippen molar-refractivity contribution in [2.75, 3.05) is 0 Å². The van der Waals surface area contributed by atoms with E-state index in [1.165, 1.54) is 0 Å². The van der Waals surface area contributed by atoms with Gasteiger partial charge in [0.1, 0.15) is 11.2 Å². The zero-order valence-electron chi connectivity index (χ0n) is 26.4. The Balaban J connectivity index is 1.45. The van der Waals surface area contributed by atoms with E-state index in [0.717, 1.165) is 27.3 Å². The van der Waals surface area contributed by atoms with Gasteiger partial charge in [0.05, 0.1) is 0 Å². The Labute approximate surface area is 287 Å². The van der Waals surface area contributed by atoms with Crippen molar-refractivity contribution in [2.45, 2.75) is 0 Å². The zero-order chi connectivity index (χ0) is 35.3. The average molecular weight is 675 g/mol. The van der Waals surface area contributed by atoms with E-state index in [4.69, 9.17) is 4.42 Å². The number of fused-ring (bicyclic) bond motifs is 7. The SMILES string of the molecule is Oc1c(O)c(O)c2c(-c3ccc4oc5ccc6cc(-c7ccccc7)ccc6c5c4c3)c3c(O)c(O)c(O)c(O)c3c(-c3ccccc3)c2c1O. The van der Waals surface area contributed by atoms with Gasteiger partial charge >= 0.3 is 0 Å². The molecule has 0 aliphatic carbocycles. The highest BCUT2D eigenvalue weighted by Crippen LogP contribution is 2.62. The topological polar surface area (TPSA) is 175 Å². The Kier molecular flexibility index (Phi) is 6.21. The maximum atomic E-state index is 11.5. The molecule has 0 aliphatic rings. The van der Waals surface area contributed by atoms with Crippen molar-refractivity contribution in [1.82, 2.24) is 0 Å². The second kappa shape index (κ2) is 10.6. The molecule has 9 heteroatoms. The summed E-state index contributed by atoms with van der Waals surface area (Å²) in [5, 5.41) is 91.6. The van der Waals surface area contributed by atoms with Crippen LogP contribution in [0.1, 0.15) is 0 Å². The van der Waals surface area contributed by atoms with Gasteiger partial charge in [-0.25, -0.2) is 0 Å². The first-order valence-electron chi connectivity index (χ1n) is 15.9. The third-order valence-corrected chi connectivity index (χ3v) is 9.70. The molecule has 0 atom stereocenters. The molecule has 1 heterocycles. The molecule has 8 aromatic carbocycles. The molecule has 9 rings (SSSR count). The summed E-state index contributed by atoms with van der Waals surface area (Å²) in [4.78, 5) is 0. The molecule has 0 aliphatic heterocycles. The number of aromatic hydroxyl groups is 8. The van der Waals surface area contributed by atoms with Crippen LogP contribution in [-0.4, -0.2) is 40.9 Å². The lowest BCUT2D eigenvalue weighted by molar-refractivity contribution is 0.350. The predicted octanol–water partition coefficient (Wildman–Crippen LogP) is 9.69. The van der Waals surface area contributed by atoms with E-state index in [1.807, 2.05) is 54.6 Å². The fourth-order valence-electron chi connectivity index (χ4n) is 7.37. The Morgan fingerprint density at radius 2 is 0.784 bits per heavy atom. The highest BCUT2D eigenvalue weighted by molar-refractivity contribution is 6.29. The molecule has 1 aromatic heterocycles. The number of benzene rings is 8. The van der Waals surface area contributed by atoms with Gasteiger partial charge in [0, 0.05) is 43.4 Å². The maximum absolute atomic E-state index is 11.5. The zero-order valence-corrected chi connectivity index (χ0v) is 26.4. The van der Waals surface area contributed by atoms with Gasteiger partial charge < -0.3 is 45.3 Å². The summed E-state index contributed by atoms with van der Waals surface area (Å²) in [6.07, 6.45) is 0. The fourth-order valence-corrected chi connectivity index (χ4v) is 7.37. The standard InChI is InChI=1S/C42H26O9/c43-35-31-28(20-9-5-2-6-10-20)32-34(38(46)42(50)40(48)36(32)44)29(33(31)37(45)41(49)39(35)47)23-13-15-26-25(18-23)30-24-14-11-21(19-7-3-1-4-8-19)17-22(24)12-16-27(30)51-26/h1-18,43-50H. The van der Waals surface area contributed by atoms with Crippen molar-refractivity contribution in [1.29, 1.82) is 0 Å². The van der Waals surface area contributed by atoms with Crippen LogP contribution < -0.4 is 0 Å². The number of rotatable bonds is 3. The summed E-state index contributed by atoms with van der Waals surface area (Å²) in [6.45, 7) is 0. The van der Waals surface area contributed by atoms with Gasteiger partial charge in [0.2, 0.25) is 23.0 Å². The van der Waals surface area contributed by atoms with E-state index in [9.17, 15) is 40.9 Å². The number of phenols is 8.